The molecule has 6 heteroatoms. The zero-order valence-corrected chi connectivity index (χ0v) is 10.9. The Labute approximate surface area is 102 Å². The lowest BCUT2D eigenvalue weighted by Gasteiger charge is -2.09. The van der Waals surface area contributed by atoms with E-state index in [4.69, 9.17) is 10.5 Å². The van der Waals surface area contributed by atoms with Crippen molar-refractivity contribution in [2.45, 2.75) is 13.3 Å². The van der Waals surface area contributed by atoms with Gasteiger partial charge in [-0.1, -0.05) is 6.07 Å². The summed E-state index contributed by atoms with van der Waals surface area (Å²) < 4.78 is 30.6. The van der Waals surface area contributed by atoms with Gasteiger partial charge in [-0.25, -0.2) is 8.42 Å². The van der Waals surface area contributed by atoms with Crippen LogP contribution in [0.5, 0.6) is 0 Å². The van der Waals surface area contributed by atoms with Gasteiger partial charge in [0, 0.05) is 19.4 Å². The van der Waals surface area contributed by atoms with Crippen LogP contribution in [0.25, 0.3) is 0 Å². The molecule has 5 nitrogen and oxygen atoms in total. The fourth-order valence-corrected chi connectivity index (χ4v) is 2.41. The fraction of sp³-hybridized carbons (Fsp3) is 0.455. The molecule has 0 heterocycles. The van der Waals surface area contributed by atoms with Gasteiger partial charge in [-0.3, -0.25) is 4.72 Å². The van der Waals surface area contributed by atoms with Crippen molar-refractivity contribution in [3.05, 3.63) is 23.8 Å². The third-order valence-electron chi connectivity index (χ3n) is 2.31. The molecule has 0 aliphatic heterocycles. The highest BCUT2D eigenvalue weighted by molar-refractivity contribution is 7.92. The summed E-state index contributed by atoms with van der Waals surface area (Å²) in [6.07, 6.45) is 0.465. The molecule has 0 atom stereocenters. The lowest BCUT2D eigenvalue weighted by Crippen LogP contribution is -2.17. The Morgan fingerprint density at radius 1 is 1.41 bits per heavy atom. The molecule has 0 aromatic heterocycles. The molecule has 0 unspecified atom stereocenters. The van der Waals surface area contributed by atoms with Crippen LogP contribution in [0.1, 0.15) is 12.0 Å². The lowest BCUT2D eigenvalue weighted by molar-refractivity contribution is 0.199. The van der Waals surface area contributed by atoms with Crippen molar-refractivity contribution in [2.24, 2.45) is 0 Å². The van der Waals surface area contributed by atoms with Gasteiger partial charge in [0.15, 0.2) is 0 Å². The summed E-state index contributed by atoms with van der Waals surface area (Å²) >= 11 is 0. The second-order valence-corrected chi connectivity index (χ2v) is 5.68. The molecule has 1 aromatic carbocycles. The number of hydrogen-bond acceptors (Lipinski definition) is 4. The highest BCUT2D eigenvalue weighted by Gasteiger charge is 2.10. The fourth-order valence-electron chi connectivity index (χ4n) is 1.33. The Morgan fingerprint density at radius 3 is 2.71 bits per heavy atom. The minimum absolute atomic E-state index is 0.0363. The molecule has 1 aromatic rings. The van der Waals surface area contributed by atoms with Crippen LogP contribution in [0.3, 0.4) is 0 Å². The van der Waals surface area contributed by atoms with Crippen molar-refractivity contribution in [2.75, 3.05) is 29.9 Å². The summed E-state index contributed by atoms with van der Waals surface area (Å²) in [5, 5.41) is 0. The average molecular weight is 258 g/mol. The molecule has 0 amide bonds. The van der Waals surface area contributed by atoms with Gasteiger partial charge >= 0.3 is 0 Å². The van der Waals surface area contributed by atoms with Crippen molar-refractivity contribution in [1.82, 2.24) is 0 Å². The van der Waals surface area contributed by atoms with Crippen LogP contribution >= 0.6 is 0 Å². The van der Waals surface area contributed by atoms with Gasteiger partial charge in [0.25, 0.3) is 0 Å². The number of methoxy groups -OCH3 is 1. The number of anilines is 2. The molecule has 96 valence electrons. The SMILES string of the molecule is COCCCS(=O)(=O)Nc1ccc(C)c(N)c1. The first-order valence-electron chi connectivity index (χ1n) is 5.30. The number of ether oxygens (including phenoxy) is 1. The van der Waals surface area contributed by atoms with Crippen molar-refractivity contribution in [3.8, 4) is 0 Å². The number of hydrogen-bond donors (Lipinski definition) is 2. The zero-order chi connectivity index (χ0) is 12.9. The molecule has 17 heavy (non-hydrogen) atoms. The number of sulfonamides is 1. The van der Waals surface area contributed by atoms with E-state index in [1.165, 1.54) is 0 Å². The van der Waals surface area contributed by atoms with Gasteiger partial charge in [0.1, 0.15) is 0 Å². The van der Waals surface area contributed by atoms with Crippen molar-refractivity contribution >= 4 is 21.4 Å². The van der Waals surface area contributed by atoms with Crippen molar-refractivity contribution < 1.29 is 13.2 Å². The Hall–Kier alpha value is -1.27. The Balaban J connectivity index is 2.66. The maximum atomic E-state index is 11.7. The van der Waals surface area contributed by atoms with Crippen LogP contribution in [-0.4, -0.2) is 27.9 Å². The number of nitrogen functional groups attached to an aromatic ring is 1. The van der Waals surface area contributed by atoms with E-state index in [1.54, 1.807) is 25.3 Å². The van der Waals surface area contributed by atoms with Gasteiger partial charge in [0.05, 0.1) is 11.4 Å². The highest BCUT2D eigenvalue weighted by Crippen LogP contribution is 2.18. The van der Waals surface area contributed by atoms with E-state index in [1.807, 2.05) is 6.92 Å². The van der Waals surface area contributed by atoms with Crippen LogP contribution in [0.4, 0.5) is 11.4 Å². The summed E-state index contributed by atoms with van der Waals surface area (Å²) in [5.41, 5.74) is 7.69. The first kappa shape index (κ1) is 13.8. The van der Waals surface area contributed by atoms with E-state index in [0.717, 1.165) is 5.56 Å². The molecule has 3 N–H and O–H groups in total. The Morgan fingerprint density at radius 2 is 2.12 bits per heavy atom. The van der Waals surface area contributed by atoms with Crippen LogP contribution in [0.2, 0.25) is 0 Å². The predicted molar refractivity (Wildman–Crippen MR) is 69.5 cm³/mol. The summed E-state index contributed by atoms with van der Waals surface area (Å²) in [4.78, 5) is 0. The van der Waals surface area contributed by atoms with Crippen LogP contribution < -0.4 is 10.5 Å². The quantitative estimate of drug-likeness (QED) is 0.596. The normalized spacial score (nSPS) is 11.4. The molecule has 0 fully saturated rings. The third kappa shape index (κ3) is 4.62. The second-order valence-electron chi connectivity index (χ2n) is 3.84. The molecule has 0 radical (unpaired) electrons. The molecule has 0 aliphatic carbocycles. The molecule has 0 saturated heterocycles. The average Bonchev–Trinajstić information content (AvgIpc) is 2.23. The predicted octanol–water partition coefficient (Wildman–Crippen LogP) is 1.36. The van der Waals surface area contributed by atoms with Crippen LogP contribution in [-0.2, 0) is 14.8 Å². The molecule has 0 saturated carbocycles. The monoisotopic (exact) mass is 258 g/mol. The van der Waals surface area contributed by atoms with Crippen LogP contribution in [0.15, 0.2) is 18.2 Å². The molecule has 0 spiro atoms. The molecule has 0 aliphatic rings. The van der Waals surface area contributed by atoms with E-state index < -0.39 is 10.0 Å². The van der Waals surface area contributed by atoms with Gasteiger partial charge in [-0.2, -0.15) is 0 Å². The number of benzene rings is 1. The summed E-state index contributed by atoms with van der Waals surface area (Å²) in [6, 6.07) is 5.09. The summed E-state index contributed by atoms with van der Waals surface area (Å²) in [7, 11) is -1.78. The largest absolute Gasteiger partial charge is 0.398 e. The molecule has 1 rings (SSSR count). The smallest absolute Gasteiger partial charge is 0.232 e. The first-order valence-corrected chi connectivity index (χ1v) is 6.95. The number of aryl methyl sites for hydroxylation is 1. The zero-order valence-electron chi connectivity index (χ0n) is 10.1. The van der Waals surface area contributed by atoms with Gasteiger partial charge in [-0.05, 0) is 31.0 Å². The van der Waals surface area contributed by atoms with Gasteiger partial charge < -0.3 is 10.5 Å². The van der Waals surface area contributed by atoms with Crippen LogP contribution in [0, 0.1) is 6.92 Å². The number of nitrogens with two attached hydrogens (primary N) is 1. The van der Waals surface area contributed by atoms with E-state index in [-0.39, 0.29) is 5.75 Å². The third-order valence-corrected chi connectivity index (χ3v) is 3.69. The van der Waals surface area contributed by atoms with Gasteiger partial charge in [-0.15, -0.1) is 0 Å². The highest BCUT2D eigenvalue weighted by atomic mass is 32.2. The Bertz CT molecular complexity index is 472. The maximum Gasteiger partial charge on any atom is 0.232 e. The van der Waals surface area contributed by atoms with Crippen molar-refractivity contribution in [1.29, 1.82) is 0 Å². The molecular formula is C11H18N2O3S. The van der Waals surface area contributed by atoms with E-state index in [0.29, 0.717) is 24.4 Å². The molecular weight excluding hydrogens is 240 g/mol. The molecule has 0 bridgehead atoms. The van der Waals surface area contributed by atoms with Crippen molar-refractivity contribution in [3.63, 3.8) is 0 Å². The van der Waals surface area contributed by atoms with E-state index in [9.17, 15) is 8.42 Å². The first-order chi connectivity index (χ1) is 7.94. The minimum Gasteiger partial charge on any atom is -0.398 e. The minimum atomic E-state index is -3.32. The second kappa shape index (κ2) is 5.88. The Kier molecular flexibility index (Phi) is 4.77. The maximum absolute atomic E-state index is 11.7. The number of nitrogens with one attached hydrogen (secondary N) is 1. The summed E-state index contributed by atoms with van der Waals surface area (Å²) in [5.74, 6) is 0.0363. The van der Waals surface area contributed by atoms with Gasteiger partial charge in [0.2, 0.25) is 10.0 Å². The topological polar surface area (TPSA) is 81.4 Å². The standard InChI is InChI=1S/C11H18N2O3S/c1-9-4-5-10(8-11(9)12)13-17(14,15)7-3-6-16-2/h4-5,8,13H,3,6-7,12H2,1-2H3. The van der Waals surface area contributed by atoms with E-state index >= 15 is 0 Å². The number of rotatable bonds is 6. The lowest BCUT2D eigenvalue weighted by atomic mass is 10.2. The van der Waals surface area contributed by atoms with E-state index in [2.05, 4.69) is 4.72 Å². The summed E-state index contributed by atoms with van der Waals surface area (Å²) in [6.45, 7) is 2.29.